The number of benzene rings is 3. The third kappa shape index (κ3) is 5.90. The number of Topliss-reactive ketones (excluding diaryl/α,β-unsaturated/α-hetero) is 1. The fourth-order valence-electron chi connectivity index (χ4n) is 5.39. The molecule has 1 fully saturated rings. The fraction of sp³-hybridized carbons (Fsp3) is 0.323. The van der Waals surface area contributed by atoms with Gasteiger partial charge in [0.25, 0.3) is 0 Å². The number of aliphatic hydroxyl groups is 1. The number of phenols is 1. The summed E-state index contributed by atoms with van der Waals surface area (Å²) in [5.41, 5.74) is 1.34. The lowest BCUT2D eigenvalue weighted by atomic mass is 9.61. The van der Waals surface area contributed by atoms with Crippen LogP contribution >= 0.6 is 15.9 Å². The van der Waals surface area contributed by atoms with Crippen LogP contribution in [-0.4, -0.2) is 40.0 Å². The predicted molar refractivity (Wildman–Crippen MR) is 157 cm³/mol. The van der Waals surface area contributed by atoms with Crippen LogP contribution in [0.15, 0.2) is 65.1 Å². The molecule has 0 radical (unpaired) electrons. The lowest BCUT2D eigenvalue weighted by molar-refractivity contribution is -0.150. The number of ketones is 1. The van der Waals surface area contributed by atoms with Gasteiger partial charge in [-0.3, -0.25) is 14.4 Å². The average Bonchev–Trinajstić information content (AvgIpc) is 2.88. The molecule has 0 aromatic heterocycles. The van der Waals surface area contributed by atoms with Crippen LogP contribution in [0.1, 0.15) is 42.9 Å². The minimum atomic E-state index is -1.77. The highest BCUT2D eigenvalue weighted by molar-refractivity contribution is 9.10. The Kier molecular flexibility index (Phi) is 8.65. The lowest BCUT2D eigenvalue weighted by Crippen LogP contribution is -2.56. The predicted octanol–water partition coefficient (Wildman–Crippen LogP) is 5.49. The highest BCUT2D eigenvalue weighted by atomic mass is 79.9. The summed E-state index contributed by atoms with van der Waals surface area (Å²) in [5, 5.41) is 27.9. The zero-order valence-corrected chi connectivity index (χ0v) is 24.4. The van der Waals surface area contributed by atoms with Crippen LogP contribution < -0.4 is 15.4 Å². The van der Waals surface area contributed by atoms with Crippen molar-refractivity contribution < 1.29 is 29.3 Å². The second-order valence-electron chi connectivity index (χ2n) is 10.4. The zero-order valence-electron chi connectivity index (χ0n) is 22.8. The van der Waals surface area contributed by atoms with E-state index >= 15 is 0 Å². The van der Waals surface area contributed by atoms with E-state index in [1.165, 1.54) is 13.0 Å². The van der Waals surface area contributed by atoms with Crippen LogP contribution in [0, 0.1) is 25.7 Å². The Morgan fingerprint density at radius 1 is 1.00 bits per heavy atom. The highest BCUT2D eigenvalue weighted by Gasteiger charge is 2.56. The number of carbonyl (C=O) groups excluding carboxylic acids is 3. The number of aryl methyl sites for hydroxylation is 2. The standard InChI is InChI=1S/C31H33BrN2O6/c1-5-40-24-15-19(14-20(32)28(24)36)25-26(29(37)33-21-12-8-6-10-17(21)2)23(35)16-31(4,39)27(25)30(38)34-22-13-9-7-11-18(22)3/h6-15,25-27,36,39H,5,16H2,1-4H3,(H,33,37)(H,34,38). The van der Waals surface area contributed by atoms with Crippen LogP contribution in [0.5, 0.6) is 11.5 Å². The molecular formula is C31H33BrN2O6. The van der Waals surface area contributed by atoms with Gasteiger partial charge in [-0.2, -0.15) is 0 Å². The third-order valence-corrected chi connectivity index (χ3v) is 7.98. The van der Waals surface area contributed by atoms with E-state index in [-0.39, 0.29) is 22.6 Å². The van der Waals surface area contributed by atoms with Crippen molar-refractivity contribution in [1.29, 1.82) is 0 Å². The van der Waals surface area contributed by atoms with Crippen molar-refractivity contribution in [3.05, 3.63) is 81.8 Å². The molecular weight excluding hydrogens is 576 g/mol. The second kappa shape index (κ2) is 11.8. The van der Waals surface area contributed by atoms with E-state index in [9.17, 15) is 24.6 Å². The molecule has 1 aliphatic rings. The van der Waals surface area contributed by atoms with Crippen molar-refractivity contribution >= 4 is 44.9 Å². The average molecular weight is 610 g/mol. The first-order chi connectivity index (χ1) is 18.9. The number of hydrogen-bond acceptors (Lipinski definition) is 6. The summed E-state index contributed by atoms with van der Waals surface area (Å²) >= 11 is 3.34. The topological polar surface area (TPSA) is 125 Å². The molecule has 0 aliphatic heterocycles. The number of anilines is 2. The van der Waals surface area contributed by atoms with Crippen LogP contribution in [-0.2, 0) is 14.4 Å². The van der Waals surface area contributed by atoms with Crippen molar-refractivity contribution in [1.82, 2.24) is 0 Å². The summed E-state index contributed by atoms with van der Waals surface area (Å²) in [4.78, 5) is 41.4. The summed E-state index contributed by atoms with van der Waals surface area (Å²) in [6, 6.07) is 17.5. The smallest absolute Gasteiger partial charge is 0.235 e. The molecule has 4 N–H and O–H groups in total. The molecule has 40 heavy (non-hydrogen) atoms. The van der Waals surface area contributed by atoms with Crippen molar-refractivity contribution in [3.8, 4) is 11.5 Å². The monoisotopic (exact) mass is 608 g/mol. The van der Waals surface area contributed by atoms with Crippen molar-refractivity contribution in [2.24, 2.45) is 11.8 Å². The maximum atomic E-state index is 14.0. The van der Waals surface area contributed by atoms with Gasteiger partial charge in [-0.25, -0.2) is 0 Å². The molecule has 4 unspecified atom stereocenters. The normalized spacial score (nSPS) is 22.4. The number of para-hydroxylation sites is 2. The van der Waals surface area contributed by atoms with E-state index < -0.39 is 47.4 Å². The Morgan fingerprint density at radius 3 is 2.10 bits per heavy atom. The molecule has 0 bridgehead atoms. The minimum Gasteiger partial charge on any atom is -0.503 e. The number of amides is 2. The molecule has 1 saturated carbocycles. The summed E-state index contributed by atoms with van der Waals surface area (Å²) in [5.74, 6) is -5.24. The van der Waals surface area contributed by atoms with Gasteiger partial charge in [0.15, 0.2) is 11.5 Å². The van der Waals surface area contributed by atoms with Crippen LogP contribution in [0.25, 0.3) is 0 Å². The minimum absolute atomic E-state index is 0.126. The van der Waals surface area contributed by atoms with Gasteiger partial charge in [0.1, 0.15) is 11.7 Å². The molecule has 0 spiro atoms. The molecule has 2 amide bonds. The second-order valence-corrected chi connectivity index (χ2v) is 11.2. The Hall–Kier alpha value is -3.69. The number of nitrogens with one attached hydrogen (secondary N) is 2. The van der Waals surface area contributed by atoms with Crippen molar-refractivity contribution in [2.45, 2.75) is 45.6 Å². The fourth-order valence-corrected chi connectivity index (χ4v) is 5.85. The quantitative estimate of drug-likeness (QED) is 0.263. The van der Waals surface area contributed by atoms with Crippen molar-refractivity contribution in [2.75, 3.05) is 17.2 Å². The molecule has 0 saturated heterocycles. The number of phenolic OH excluding ortho intramolecular Hbond substituents is 1. The Labute approximate surface area is 241 Å². The van der Waals surface area contributed by atoms with Crippen LogP contribution in [0.3, 0.4) is 0 Å². The molecule has 4 rings (SSSR count). The maximum absolute atomic E-state index is 14.0. The van der Waals surface area contributed by atoms with Gasteiger partial charge < -0.3 is 25.6 Å². The summed E-state index contributed by atoms with van der Waals surface area (Å²) < 4.78 is 5.88. The van der Waals surface area contributed by atoms with Crippen molar-refractivity contribution in [3.63, 3.8) is 0 Å². The number of ether oxygens (including phenoxy) is 1. The number of hydrogen-bond donors (Lipinski definition) is 4. The largest absolute Gasteiger partial charge is 0.503 e. The zero-order chi connectivity index (χ0) is 29.2. The maximum Gasteiger partial charge on any atom is 0.235 e. The summed E-state index contributed by atoms with van der Waals surface area (Å²) in [6.45, 7) is 7.13. The molecule has 0 heterocycles. The molecule has 9 heteroatoms. The van der Waals surface area contributed by atoms with Gasteiger partial charge in [0.2, 0.25) is 11.8 Å². The van der Waals surface area contributed by atoms with E-state index in [2.05, 4.69) is 26.6 Å². The van der Waals surface area contributed by atoms with Gasteiger partial charge in [-0.1, -0.05) is 36.4 Å². The van der Waals surface area contributed by atoms with Gasteiger partial charge in [-0.15, -0.1) is 0 Å². The first-order valence-corrected chi connectivity index (χ1v) is 13.9. The number of aromatic hydroxyl groups is 1. The van der Waals surface area contributed by atoms with Crippen LogP contribution in [0.2, 0.25) is 0 Å². The van der Waals surface area contributed by atoms with E-state index in [4.69, 9.17) is 4.74 Å². The van der Waals surface area contributed by atoms with E-state index in [0.29, 0.717) is 16.9 Å². The first-order valence-electron chi connectivity index (χ1n) is 13.1. The molecule has 3 aromatic carbocycles. The first kappa shape index (κ1) is 29.3. The van der Waals surface area contributed by atoms with Gasteiger partial charge in [-0.05, 0) is 84.6 Å². The van der Waals surface area contributed by atoms with Gasteiger partial charge in [0, 0.05) is 23.7 Å². The van der Waals surface area contributed by atoms with Gasteiger partial charge in [0.05, 0.1) is 22.6 Å². The van der Waals surface area contributed by atoms with E-state index in [1.54, 1.807) is 37.3 Å². The molecule has 210 valence electrons. The van der Waals surface area contributed by atoms with Gasteiger partial charge >= 0.3 is 0 Å². The van der Waals surface area contributed by atoms with Crippen LogP contribution in [0.4, 0.5) is 11.4 Å². The SMILES string of the molecule is CCOc1cc(C2C(C(=O)Nc3ccccc3C)C(=O)CC(C)(O)C2C(=O)Nc2ccccc2C)cc(Br)c1O. The molecule has 1 aliphatic carbocycles. The Morgan fingerprint density at radius 2 is 1.55 bits per heavy atom. The molecule has 8 nitrogen and oxygen atoms in total. The number of halogens is 1. The third-order valence-electron chi connectivity index (χ3n) is 7.37. The molecule has 3 aromatic rings. The Balaban J connectivity index is 1.86. The van der Waals surface area contributed by atoms with E-state index in [0.717, 1.165) is 11.1 Å². The number of carbonyl (C=O) groups is 3. The molecule has 4 atom stereocenters. The summed E-state index contributed by atoms with van der Waals surface area (Å²) in [6.07, 6.45) is -0.390. The Bertz CT molecular complexity index is 1450. The summed E-state index contributed by atoms with van der Waals surface area (Å²) in [7, 11) is 0. The van der Waals surface area contributed by atoms with E-state index in [1.807, 2.05) is 38.1 Å². The highest BCUT2D eigenvalue weighted by Crippen LogP contribution is 2.49. The lowest BCUT2D eigenvalue weighted by Gasteiger charge is -2.44. The number of rotatable bonds is 7.